The third-order valence-corrected chi connectivity index (χ3v) is 2.22. The molecule has 1 aromatic rings. The fourth-order valence-electron chi connectivity index (χ4n) is 1.53. The van der Waals surface area contributed by atoms with Gasteiger partial charge in [0.15, 0.2) is 0 Å². The van der Waals surface area contributed by atoms with Gasteiger partial charge in [0.2, 0.25) is 0 Å². The van der Waals surface area contributed by atoms with Gasteiger partial charge in [-0.25, -0.2) is 4.98 Å². The highest BCUT2D eigenvalue weighted by Crippen LogP contribution is 2.02. The van der Waals surface area contributed by atoms with E-state index in [4.69, 9.17) is 5.11 Å². The van der Waals surface area contributed by atoms with Crippen molar-refractivity contribution in [3.8, 4) is 0 Å². The summed E-state index contributed by atoms with van der Waals surface area (Å²) in [5.74, 6) is 0.0132. The molecule has 1 unspecified atom stereocenters. The summed E-state index contributed by atoms with van der Waals surface area (Å²) in [4.78, 5) is 15.1. The van der Waals surface area contributed by atoms with Gasteiger partial charge in [0.05, 0.1) is 5.69 Å². The first-order chi connectivity index (χ1) is 7.04. The van der Waals surface area contributed by atoms with Crippen LogP contribution in [0.15, 0.2) is 6.20 Å². The molecule has 0 aliphatic carbocycles. The molecule has 1 atom stereocenters. The van der Waals surface area contributed by atoms with Crippen LogP contribution in [0.4, 0.5) is 0 Å². The number of likely N-dealkylation sites (N-methyl/N-ethyl adjacent to an activating group) is 1. The van der Waals surface area contributed by atoms with Gasteiger partial charge < -0.3 is 15.0 Å². The Morgan fingerprint density at radius 1 is 1.67 bits per heavy atom. The summed E-state index contributed by atoms with van der Waals surface area (Å²) in [5, 5.41) is 11.9. The monoisotopic (exact) mass is 211 g/mol. The molecule has 1 rings (SSSR count). The van der Waals surface area contributed by atoms with E-state index in [1.807, 2.05) is 31.5 Å². The van der Waals surface area contributed by atoms with Crippen molar-refractivity contribution in [2.75, 3.05) is 6.54 Å². The van der Waals surface area contributed by atoms with E-state index in [1.165, 1.54) is 0 Å². The fourth-order valence-corrected chi connectivity index (χ4v) is 1.53. The summed E-state index contributed by atoms with van der Waals surface area (Å²) in [6.45, 7) is 6.71. The number of hydrogen-bond donors (Lipinski definition) is 2. The number of carboxylic acid groups (broad SMARTS) is 1. The highest BCUT2D eigenvalue weighted by atomic mass is 16.4. The predicted molar refractivity (Wildman–Crippen MR) is 56.8 cm³/mol. The molecule has 0 bridgehead atoms. The first-order valence-corrected chi connectivity index (χ1v) is 5.01. The van der Waals surface area contributed by atoms with Crippen molar-refractivity contribution in [2.45, 2.75) is 33.4 Å². The number of aliphatic carboxylic acids is 1. The molecule has 1 heterocycles. The molecule has 0 fully saturated rings. The van der Waals surface area contributed by atoms with E-state index in [-0.39, 0.29) is 0 Å². The van der Waals surface area contributed by atoms with Gasteiger partial charge in [-0.15, -0.1) is 0 Å². The first-order valence-electron chi connectivity index (χ1n) is 5.01. The summed E-state index contributed by atoms with van der Waals surface area (Å²) >= 11 is 0. The van der Waals surface area contributed by atoms with E-state index < -0.39 is 12.0 Å². The van der Waals surface area contributed by atoms with Crippen molar-refractivity contribution in [3.05, 3.63) is 17.7 Å². The normalized spacial score (nSPS) is 12.7. The van der Waals surface area contributed by atoms with E-state index in [0.29, 0.717) is 13.1 Å². The largest absolute Gasteiger partial charge is 0.480 e. The molecular weight excluding hydrogens is 194 g/mol. The zero-order valence-corrected chi connectivity index (χ0v) is 9.32. The molecule has 0 amide bonds. The molecule has 0 spiro atoms. The van der Waals surface area contributed by atoms with Crippen molar-refractivity contribution in [1.29, 1.82) is 0 Å². The third kappa shape index (κ3) is 3.06. The van der Waals surface area contributed by atoms with Gasteiger partial charge in [-0.2, -0.15) is 0 Å². The van der Waals surface area contributed by atoms with Gasteiger partial charge in [0, 0.05) is 12.7 Å². The second-order valence-corrected chi connectivity index (χ2v) is 3.53. The van der Waals surface area contributed by atoms with Crippen LogP contribution < -0.4 is 5.32 Å². The molecule has 5 heteroatoms. The van der Waals surface area contributed by atoms with E-state index >= 15 is 0 Å². The minimum absolute atomic E-state index is 0.413. The van der Waals surface area contributed by atoms with Gasteiger partial charge in [0.1, 0.15) is 11.9 Å². The van der Waals surface area contributed by atoms with Crippen LogP contribution in [0, 0.1) is 13.8 Å². The lowest BCUT2D eigenvalue weighted by molar-refractivity contribution is -0.139. The number of aromatic nitrogens is 2. The van der Waals surface area contributed by atoms with Crippen LogP contribution in [0.1, 0.15) is 18.4 Å². The number of nitrogens with zero attached hydrogens (tertiary/aromatic N) is 2. The highest BCUT2D eigenvalue weighted by Gasteiger charge is 2.17. The maximum Gasteiger partial charge on any atom is 0.322 e. The van der Waals surface area contributed by atoms with E-state index in [2.05, 4.69) is 10.3 Å². The second kappa shape index (κ2) is 4.93. The maximum absolute atomic E-state index is 10.9. The molecule has 2 N–H and O–H groups in total. The van der Waals surface area contributed by atoms with Gasteiger partial charge in [-0.1, -0.05) is 6.92 Å². The minimum Gasteiger partial charge on any atom is -0.480 e. The van der Waals surface area contributed by atoms with Crippen LogP contribution in [-0.2, 0) is 11.3 Å². The van der Waals surface area contributed by atoms with Crippen LogP contribution in [-0.4, -0.2) is 33.2 Å². The van der Waals surface area contributed by atoms with Gasteiger partial charge in [0.25, 0.3) is 0 Å². The molecule has 1 aromatic heterocycles. The predicted octanol–water partition coefficient (Wildman–Crippen LogP) is 0.563. The Bertz CT molecular complexity index is 346. The van der Waals surface area contributed by atoms with Crippen LogP contribution in [0.5, 0.6) is 0 Å². The summed E-state index contributed by atoms with van der Waals surface area (Å²) in [6, 6.07) is -0.553. The summed E-state index contributed by atoms with van der Waals surface area (Å²) < 4.78 is 1.86. The summed E-state index contributed by atoms with van der Waals surface area (Å²) in [5.41, 5.74) is 0.910. The molecule has 0 aromatic carbocycles. The number of carboxylic acids is 1. The van der Waals surface area contributed by atoms with Crippen LogP contribution in [0.3, 0.4) is 0 Å². The number of carbonyl (C=O) groups is 1. The lowest BCUT2D eigenvalue weighted by atomic mass is 10.3. The molecule has 84 valence electrons. The van der Waals surface area contributed by atoms with Crippen LogP contribution >= 0.6 is 0 Å². The second-order valence-electron chi connectivity index (χ2n) is 3.53. The molecule has 0 saturated heterocycles. The Morgan fingerprint density at radius 3 is 2.73 bits per heavy atom. The van der Waals surface area contributed by atoms with E-state index in [1.54, 1.807) is 0 Å². The first kappa shape index (κ1) is 11.7. The van der Waals surface area contributed by atoms with Crippen molar-refractivity contribution in [1.82, 2.24) is 14.9 Å². The minimum atomic E-state index is -0.831. The number of imidazole rings is 1. The summed E-state index contributed by atoms with van der Waals surface area (Å²) in [7, 11) is 0. The number of rotatable bonds is 5. The zero-order valence-electron chi connectivity index (χ0n) is 9.32. The number of nitrogens with one attached hydrogen (secondary N) is 1. The van der Waals surface area contributed by atoms with Crippen molar-refractivity contribution >= 4 is 5.97 Å². The van der Waals surface area contributed by atoms with Crippen LogP contribution in [0.25, 0.3) is 0 Å². The van der Waals surface area contributed by atoms with Crippen molar-refractivity contribution < 1.29 is 9.90 Å². The van der Waals surface area contributed by atoms with Gasteiger partial charge in [-0.3, -0.25) is 4.79 Å². The number of aryl methyl sites for hydroxylation is 2. The average molecular weight is 211 g/mol. The Labute approximate surface area is 89.1 Å². The molecule has 15 heavy (non-hydrogen) atoms. The Hall–Kier alpha value is -1.36. The molecule has 5 nitrogen and oxygen atoms in total. The average Bonchev–Trinajstić information content (AvgIpc) is 2.44. The third-order valence-electron chi connectivity index (χ3n) is 2.22. The van der Waals surface area contributed by atoms with Gasteiger partial charge >= 0.3 is 5.97 Å². The highest BCUT2D eigenvalue weighted by molar-refractivity contribution is 5.73. The summed E-state index contributed by atoms with van der Waals surface area (Å²) in [6.07, 6.45) is 1.86. The Balaban J connectivity index is 2.73. The zero-order chi connectivity index (χ0) is 11.4. The van der Waals surface area contributed by atoms with E-state index in [0.717, 1.165) is 11.5 Å². The molecule has 0 aliphatic rings. The maximum atomic E-state index is 10.9. The number of hydrogen-bond acceptors (Lipinski definition) is 3. The van der Waals surface area contributed by atoms with E-state index in [9.17, 15) is 4.79 Å². The van der Waals surface area contributed by atoms with Gasteiger partial charge in [-0.05, 0) is 20.4 Å². The lowest BCUT2D eigenvalue weighted by Gasteiger charge is -2.14. The standard InChI is InChI=1S/C10H17N3O2/c1-4-11-9(10(14)15)6-13-5-7(2)12-8(13)3/h5,9,11H,4,6H2,1-3H3,(H,14,15). The van der Waals surface area contributed by atoms with Crippen molar-refractivity contribution in [2.24, 2.45) is 0 Å². The SMILES string of the molecule is CCNC(Cn1cc(C)nc1C)C(=O)O. The Kier molecular flexibility index (Phi) is 3.85. The molecular formula is C10H17N3O2. The lowest BCUT2D eigenvalue weighted by Crippen LogP contribution is -2.40. The molecule has 0 aliphatic heterocycles. The van der Waals surface area contributed by atoms with Crippen LogP contribution in [0.2, 0.25) is 0 Å². The Morgan fingerprint density at radius 2 is 2.33 bits per heavy atom. The topological polar surface area (TPSA) is 67.2 Å². The quantitative estimate of drug-likeness (QED) is 0.747. The van der Waals surface area contributed by atoms with Crippen molar-refractivity contribution in [3.63, 3.8) is 0 Å². The molecule has 0 saturated carbocycles. The fraction of sp³-hybridized carbons (Fsp3) is 0.600. The molecule has 0 radical (unpaired) electrons. The smallest absolute Gasteiger partial charge is 0.322 e.